The number of rotatable bonds is 4. The summed E-state index contributed by atoms with van der Waals surface area (Å²) in [6.45, 7) is 6.02. The molecule has 1 atom stereocenters. The van der Waals surface area contributed by atoms with Crippen LogP contribution >= 0.6 is 0 Å². The van der Waals surface area contributed by atoms with Gasteiger partial charge in [0, 0.05) is 18.2 Å². The lowest BCUT2D eigenvalue weighted by Crippen LogP contribution is -3.14. The summed E-state index contributed by atoms with van der Waals surface area (Å²) in [5, 5.41) is 2.62. The minimum Gasteiger partial charge on any atom is -0.370 e. The molecule has 2 aliphatic rings. The van der Waals surface area contributed by atoms with Gasteiger partial charge in [-0.2, -0.15) is 0 Å². The van der Waals surface area contributed by atoms with Gasteiger partial charge >= 0.3 is 0 Å². The van der Waals surface area contributed by atoms with E-state index in [2.05, 4.69) is 5.32 Å². The molecule has 2 aliphatic heterocycles. The Bertz CT molecular complexity index is 617. The number of hydrogen-bond donors (Lipinski definition) is 2. The predicted octanol–water partition coefficient (Wildman–Crippen LogP) is -0.735. The van der Waals surface area contributed by atoms with Crippen molar-refractivity contribution in [2.75, 3.05) is 44.3 Å². The Morgan fingerprint density at radius 3 is 2.87 bits per heavy atom. The Balaban J connectivity index is 1.77. The van der Waals surface area contributed by atoms with Crippen molar-refractivity contribution in [1.82, 2.24) is 5.32 Å². The lowest BCUT2D eigenvalue weighted by molar-refractivity contribution is -0.906. The molecule has 0 radical (unpaired) electrons. The van der Waals surface area contributed by atoms with E-state index in [1.54, 1.807) is 11.0 Å². The van der Waals surface area contributed by atoms with Gasteiger partial charge < -0.3 is 19.9 Å². The molecule has 1 saturated heterocycles. The molecule has 3 rings (SSSR count). The summed E-state index contributed by atoms with van der Waals surface area (Å²) < 4.78 is 18.9. The summed E-state index contributed by atoms with van der Waals surface area (Å²) >= 11 is 0. The van der Waals surface area contributed by atoms with Crippen LogP contribution in [0.1, 0.15) is 18.5 Å². The van der Waals surface area contributed by atoms with Crippen molar-refractivity contribution in [3.8, 4) is 0 Å². The van der Waals surface area contributed by atoms with Crippen LogP contribution in [0.15, 0.2) is 18.2 Å². The zero-order valence-corrected chi connectivity index (χ0v) is 13.1. The van der Waals surface area contributed by atoms with Crippen molar-refractivity contribution in [3.05, 3.63) is 29.6 Å². The second-order valence-corrected chi connectivity index (χ2v) is 5.94. The summed E-state index contributed by atoms with van der Waals surface area (Å²) in [6.07, 6.45) is 0. The van der Waals surface area contributed by atoms with E-state index >= 15 is 0 Å². The fourth-order valence-electron chi connectivity index (χ4n) is 3.16. The van der Waals surface area contributed by atoms with E-state index in [9.17, 15) is 14.0 Å². The molecule has 1 aromatic carbocycles. The Kier molecular flexibility index (Phi) is 4.58. The largest absolute Gasteiger partial charge is 0.370 e. The summed E-state index contributed by atoms with van der Waals surface area (Å²) in [4.78, 5) is 27.0. The predicted molar refractivity (Wildman–Crippen MR) is 81.7 cm³/mol. The maximum atomic E-state index is 13.5. The van der Waals surface area contributed by atoms with E-state index in [0.717, 1.165) is 32.8 Å². The molecule has 0 spiro atoms. The highest BCUT2D eigenvalue weighted by Crippen LogP contribution is 2.35. The fraction of sp³-hybridized carbons (Fsp3) is 0.500. The molecule has 124 valence electrons. The molecule has 1 aromatic rings. The molecule has 0 unspecified atom stereocenters. The van der Waals surface area contributed by atoms with Gasteiger partial charge in [-0.1, -0.05) is 0 Å². The Morgan fingerprint density at radius 2 is 2.17 bits per heavy atom. The van der Waals surface area contributed by atoms with Crippen LogP contribution in [0.2, 0.25) is 0 Å². The Labute approximate surface area is 134 Å². The molecule has 2 heterocycles. The van der Waals surface area contributed by atoms with Crippen LogP contribution in [0.25, 0.3) is 0 Å². The van der Waals surface area contributed by atoms with Crippen molar-refractivity contribution >= 4 is 17.5 Å². The average Bonchev–Trinajstić information content (AvgIpc) is 2.78. The summed E-state index contributed by atoms with van der Waals surface area (Å²) in [6, 6.07) is 3.49. The normalized spacial score (nSPS) is 21.4. The van der Waals surface area contributed by atoms with Gasteiger partial charge in [0.15, 0.2) is 0 Å². The van der Waals surface area contributed by atoms with Crippen molar-refractivity contribution in [2.45, 2.75) is 13.0 Å². The van der Waals surface area contributed by atoms with Gasteiger partial charge in [-0.3, -0.25) is 9.59 Å². The number of amides is 2. The third-order valence-corrected chi connectivity index (χ3v) is 4.34. The number of benzene rings is 1. The zero-order chi connectivity index (χ0) is 16.4. The minimum atomic E-state index is -0.794. The molecular weight excluding hydrogens is 301 g/mol. The second kappa shape index (κ2) is 6.64. The lowest BCUT2D eigenvalue weighted by atomic mass is 10.1. The third kappa shape index (κ3) is 3.35. The van der Waals surface area contributed by atoms with Gasteiger partial charge in [-0.15, -0.1) is 0 Å². The van der Waals surface area contributed by atoms with Crippen molar-refractivity contribution < 1.29 is 23.6 Å². The van der Waals surface area contributed by atoms with Crippen LogP contribution in [-0.4, -0.2) is 51.2 Å². The second-order valence-electron chi connectivity index (χ2n) is 5.94. The first-order chi connectivity index (χ1) is 11.1. The van der Waals surface area contributed by atoms with E-state index < -0.39 is 11.9 Å². The number of ether oxygens (including phenoxy) is 1. The van der Waals surface area contributed by atoms with Crippen molar-refractivity contribution in [1.29, 1.82) is 0 Å². The Hall–Kier alpha value is -1.99. The van der Waals surface area contributed by atoms with E-state index in [1.807, 2.05) is 0 Å². The number of hydrogen-bond acceptors (Lipinski definition) is 3. The number of quaternary nitrogens is 1. The molecular formula is C16H21FN3O3+. The number of morpholine rings is 1. The van der Waals surface area contributed by atoms with Gasteiger partial charge in [0.25, 0.3) is 5.91 Å². The lowest BCUT2D eigenvalue weighted by Gasteiger charge is -2.26. The topological polar surface area (TPSA) is 63.1 Å². The standard InChI is InChI=1S/C16H20FN3O3/c1-11(21)18-15-13-10-12(17)2-3-14(13)20(16(15)22)5-4-19-6-8-23-9-7-19/h2-3,10,15H,4-9H2,1H3,(H,18,21)/p+1/t15-/m1/s1. The summed E-state index contributed by atoms with van der Waals surface area (Å²) in [7, 11) is 0. The first-order valence-electron chi connectivity index (χ1n) is 7.85. The van der Waals surface area contributed by atoms with E-state index in [-0.39, 0.29) is 11.8 Å². The van der Waals surface area contributed by atoms with Gasteiger partial charge in [0.05, 0.1) is 26.3 Å². The fourth-order valence-corrected chi connectivity index (χ4v) is 3.16. The minimum absolute atomic E-state index is 0.201. The molecule has 7 heteroatoms. The molecule has 0 bridgehead atoms. The van der Waals surface area contributed by atoms with Crippen LogP contribution in [-0.2, 0) is 14.3 Å². The highest BCUT2D eigenvalue weighted by atomic mass is 19.1. The number of anilines is 1. The van der Waals surface area contributed by atoms with Crippen LogP contribution in [0.4, 0.5) is 10.1 Å². The molecule has 2 amide bonds. The van der Waals surface area contributed by atoms with Gasteiger partial charge in [-0.05, 0) is 18.2 Å². The van der Waals surface area contributed by atoms with Gasteiger partial charge in [0.2, 0.25) is 5.91 Å². The highest BCUT2D eigenvalue weighted by Gasteiger charge is 2.38. The molecule has 1 fully saturated rings. The van der Waals surface area contributed by atoms with E-state index in [0.29, 0.717) is 17.8 Å². The molecule has 6 nitrogen and oxygen atoms in total. The maximum absolute atomic E-state index is 13.5. The molecule has 2 N–H and O–H groups in total. The zero-order valence-electron chi connectivity index (χ0n) is 13.1. The maximum Gasteiger partial charge on any atom is 0.254 e. The summed E-state index contributed by atoms with van der Waals surface area (Å²) in [5.74, 6) is -0.916. The number of carbonyl (C=O) groups is 2. The molecule has 0 aliphatic carbocycles. The SMILES string of the molecule is CC(=O)N[C@H]1C(=O)N(CC[NH+]2CCOCC2)c2ccc(F)cc21. The van der Waals surface area contributed by atoms with Gasteiger partial charge in [0.1, 0.15) is 24.9 Å². The first kappa shape index (κ1) is 15.9. The molecule has 0 saturated carbocycles. The average molecular weight is 322 g/mol. The van der Waals surface area contributed by atoms with Crippen LogP contribution in [0, 0.1) is 5.82 Å². The van der Waals surface area contributed by atoms with Gasteiger partial charge in [-0.25, -0.2) is 4.39 Å². The number of carbonyl (C=O) groups excluding carboxylic acids is 2. The van der Waals surface area contributed by atoms with Crippen LogP contribution < -0.4 is 15.1 Å². The monoisotopic (exact) mass is 322 g/mol. The smallest absolute Gasteiger partial charge is 0.254 e. The van der Waals surface area contributed by atoms with Crippen molar-refractivity contribution in [3.63, 3.8) is 0 Å². The Morgan fingerprint density at radius 1 is 1.43 bits per heavy atom. The summed E-state index contributed by atoms with van der Waals surface area (Å²) in [5.41, 5.74) is 1.21. The number of halogens is 1. The number of nitrogens with one attached hydrogen (secondary N) is 2. The quantitative estimate of drug-likeness (QED) is 0.768. The molecule has 0 aromatic heterocycles. The number of fused-ring (bicyclic) bond motifs is 1. The highest BCUT2D eigenvalue weighted by molar-refractivity contribution is 6.06. The first-order valence-corrected chi connectivity index (χ1v) is 7.85. The van der Waals surface area contributed by atoms with Crippen molar-refractivity contribution in [2.24, 2.45) is 0 Å². The molecule has 23 heavy (non-hydrogen) atoms. The van der Waals surface area contributed by atoms with Crippen LogP contribution in [0.5, 0.6) is 0 Å². The van der Waals surface area contributed by atoms with Crippen LogP contribution in [0.3, 0.4) is 0 Å². The number of nitrogens with zero attached hydrogens (tertiary/aromatic N) is 1. The van der Waals surface area contributed by atoms with E-state index in [4.69, 9.17) is 4.74 Å². The van der Waals surface area contributed by atoms with E-state index in [1.165, 1.54) is 24.0 Å². The third-order valence-electron chi connectivity index (χ3n) is 4.34.